The summed E-state index contributed by atoms with van der Waals surface area (Å²) in [7, 11) is -1.35. The van der Waals surface area contributed by atoms with Gasteiger partial charge in [-0.1, -0.05) is 11.8 Å². The largest absolute Gasteiger partial charge is 0.341 e. The van der Waals surface area contributed by atoms with Crippen LogP contribution in [0.15, 0.2) is 11.2 Å². The smallest absolute Gasteiger partial charge is 0.256 e. The Balaban J connectivity index is 1.69. The normalized spacial score (nSPS) is 19.7. The summed E-state index contributed by atoms with van der Waals surface area (Å²) >= 11 is 1.28. The van der Waals surface area contributed by atoms with E-state index < -0.39 is 9.84 Å². The van der Waals surface area contributed by atoms with E-state index in [4.69, 9.17) is 0 Å². The molecule has 1 atom stereocenters. The van der Waals surface area contributed by atoms with Crippen molar-refractivity contribution in [2.75, 3.05) is 24.3 Å². The minimum atomic E-state index is -3.01. The molecule has 0 N–H and O–H groups in total. The number of rotatable bonds is 4. The van der Waals surface area contributed by atoms with E-state index in [0.717, 1.165) is 11.4 Å². The molecule has 0 bridgehead atoms. The Morgan fingerprint density at radius 1 is 1.42 bits per heavy atom. The molecule has 24 heavy (non-hydrogen) atoms. The molecule has 2 aromatic rings. The van der Waals surface area contributed by atoms with Gasteiger partial charge in [0.2, 0.25) is 5.91 Å². The maximum atomic E-state index is 12.3. The van der Waals surface area contributed by atoms with Crippen molar-refractivity contribution < 1.29 is 13.2 Å². The van der Waals surface area contributed by atoms with Gasteiger partial charge in [0.05, 0.1) is 17.3 Å². The molecule has 0 aliphatic carbocycles. The van der Waals surface area contributed by atoms with Gasteiger partial charge >= 0.3 is 0 Å². The average Bonchev–Trinajstić information content (AvgIpc) is 3.07. The molecule has 10 heteroatoms. The molecule has 1 aliphatic rings. The van der Waals surface area contributed by atoms with Crippen LogP contribution in [0.4, 0.5) is 0 Å². The first kappa shape index (κ1) is 17.2. The third kappa shape index (κ3) is 3.39. The van der Waals surface area contributed by atoms with Gasteiger partial charge in [-0.3, -0.25) is 9.20 Å². The number of hydrogen-bond donors (Lipinski definition) is 0. The first-order valence-corrected chi connectivity index (χ1v) is 10.4. The number of amides is 1. The molecule has 0 saturated carbocycles. The van der Waals surface area contributed by atoms with Crippen LogP contribution in [-0.2, 0) is 14.6 Å². The number of carbonyl (C=O) groups is 1. The summed E-state index contributed by atoms with van der Waals surface area (Å²) in [5.41, 5.74) is 1.81. The van der Waals surface area contributed by atoms with Crippen LogP contribution < -0.4 is 0 Å². The average molecular weight is 369 g/mol. The first-order chi connectivity index (χ1) is 11.3. The number of aryl methyl sites for hydroxylation is 2. The van der Waals surface area contributed by atoms with Gasteiger partial charge in [0.15, 0.2) is 15.0 Å². The summed E-state index contributed by atoms with van der Waals surface area (Å²) in [6.07, 6.45) is 0.505. The van der Waals surface area contributed by atoms with Crippen molar-refractivity contribution in [2.24, 2.45) is 0 Å². The summed E-state index contributed by atoms with van der Waals surface area (Å²) in [5.74, 6) is 0.785. The van der Waals surface area contributed by atoms with E-state index in [1.54, 1.807) is 7.05 Å². The third-order valence-corrected chi connectivity index (χ3v) is 6.80. The Morgan fingerprint density at radius 2 is 2.17 bits per heavy atom. The Morgan fingerprint density at radius 3 is 2.83 bits per heavy atom. The van der Waals surface area contributed by atoms with E-state index in [-0.39, 0.29) is 29.2 Å². The number of sulfone groups is 1. The summed E-state index contributed by atoms with van der Waals surface area (Å²) in [5, 5.41) is 8.74. The molecule has 8 nitrogen and oxygen atoms in total. The highest BCUT2D eigenvalue weighted by Gasteiger charge is 2.32. The van der Waals surface area contributed by atoms with E-state index in [2.05, 4.69) is 15.2 Å². The molecule has 3 rings (SSSR count). The number of fused-ring (bicyclic) bond motifs is 1. The zero-order chi connectivity index (χ0) is 17.5. The Kier molecular flexibility index (Phi) is 4.52. The molecule has 1 amide bonds. The van der Waals surface area contributed by atoms with Gasteiger partial charge in [0, 0.05) is 24.5 Å². The van der Waals surface area contributed by atoms with Gasteiger partial charge in [-0.25, -0.2) is 13.4 Å². The van der Waals surface area contributed by atoms with Crippen LogP contribution in [0.2, 0.25) is 0 Å². The van der Waals surface area contributed by atoms with Crippen LogP contribution in [-0.4, -0.2) is 69.2 Å². The van der Waals surface area contributed by atoms with Crippen molar-refractivity contribution in [3.63, 3.8) is 0 Å². The first-order valence-electron chi connectivity index (χ1n) is 7.55. The molecular weight excluding hydrogens is 350 g/mol. The minimum Gasteiger partial charge on any atom is -0.341 e. The monoisotopic (exact) mass is 369 g/mol. The second-order valence-corrected chi connectivity index (χ2v) is 9.18. The van der Waals surface area contributed by atoms with Crippen LogP contribution >= 0.6 is 11.8 Å². The molecule has 0 radical (unpaired) electrons. The van der Waals surface area contributed by atoms with Crippen LogP contribution in [0.3, 0.4) is 0 Å². The molecule has 1 fully saturated rings. The van der Waals surface area contributed by atoms with Crippen LogP contribution in [0.25, 0.3) is 5.78 Å². The second-order valence-electron chi connectivity index (χ2n) is 6.01. The van der Waals surface area contributed by atoms with Gasteiger partial charge in [0.1, 0.15) is 0 Å². The SMILES string of the molecule is Cc1cc(C)n2c(SCC(=O)N(C)[C@H]3CCS(=O)(=O)C3)nnc2n1. The lowest BCUT2D eigenvalue weighted by atomic mass is 10.2. The van der Waals surface area contributed by atoms with Crippen molar-refractivity contribution in [2.45, 2.75) is 31.5 Å². The number of aromatic nitrogens is 4. The van der Waals surface area contributed by atoms with Crippen molar-refractivity contribution >= 4 is 33.3 Å². The fraction of sp³-hybridized carbons (Fsp3) is 0.571. The lowest BCUT2D eigenvalue weighted by Crippen LogP contribution is -2.38. The summed E-state index contributed by atoms with van der Waals surface area (Å²) < 4.78 is 24.9. The molecular formula is C14H19N5O3S2. The van der Waals surface area contributed by atoms with Crippen molar-refractivity contribution in [1.82, 2.24) is 24.5 Å². The second kappa shape index (κ2) is 6.32. The minimum absolute atomic E-state index is 0.0517. The lowest BCUT2D eigenvalue weighted by molar-refractivity contribution is -0.128. The highest BCUT2D eigenvalue weighted by atomic mass is 32.2. The summed E-state index contributed by atoms with van der Waals surface area (Å²) in [6, 6.07) is 1.70. The maximum Gasteiger partial charge on any atom is 0.256 e. The zero-order valence-electron chi connectivity index (χ0n) is 13.8. The summed E-state index contributed by atoms with van der Waals surface area (Å²) in [6.45, 7) is 3.83. The standard InChI is InChI=1S/C14H19N5O3S2/c1-9-6-10(2)19-13(15-9)16-17-14(19)23-7-12(20)18(3)11-4-5-24(21,22)8-11/h6,11H,4-5,7-8H2,1-3H3/t11-/m0/s1. The fourth-order valence-electron chi connectivity index (χ4n) is 2.81. The molecule has 130 valence electrons. The number of hydrogen-bond acceptors (Lipinski definition) is 7. The van der Waals surface area contributed by atoms with Crippen molar-refractivity contribution in [3.05, 3.63) is 17.5 Å². The van der Waals surface area contributed by atoms with Crippen LogP contribution in [0.1, 0.15) is 17.8 Å². The van der Waals surface area contributed by atoms with Gasteiger partial charge in [0.25, 0.3) is 5.78 Å². The predicted octanol–water partition coefficient (Wildman–Crippen LogP) is 0.479. The summed E-state index contributed by atoms with van der Waals surface area (Å²) in [4.78, 5) is 18.2. The van der Waals surface area contributed by atoms with E-state index in [1.165, 1.54) is 16.7 Å². The predicted molar refractivity (Wildman–Crippen MR) is 90.8 cm³/mol. The topological polar surface area (TPSA) is 97.5 Å². The fourth-order valence-corrected chi connectivity index (χ4v) is 5.49. The van der Waals surface area contributed by atoms with E-state index in [9.17, 15) is 13.2 Å². The lowest BCUT2D eigenvalue weighted by Gasteiger charge is -2.23. The van der Waals surface area contributed by atoms with Crippen LogP contribution in [0, 0.1) is 13.8 Å². The van der Waals surface area contributed by atoms with Crippen LogP contribution in [0.5, 0.6) is 0 Å². The maximum absolute atomic E-state index is 12.3. The molecule has 0 aromatic carbocycles. The highest BCUT2D eigenvalue weighted by Crippen LogP contribution is 2.21. The molecule has 1 aliphatic heterocycles. The van der Waals surface area contributed by atoms with Gasteiger partial charge in [-0.15, -0.1) is 10.2 Å². The zero-order valence-corrected chi connectivity index (χ0v) is 15.4. The number of nitrogens with zero attached hydrogens (tertiary/aromatic N) is 5. The highest BCUT2D eigenvalue weighted by molar-refractivity contribution is 7.99. The molecule has 3 heterocycles. The van der Waals surface area contributed by atoms with E-state index in [0.29, 0.717) is 17.4 Å². The third-order valence-electron chi connectivity index (χ3n) is 4.14. The Bertz CT molecular complexity index is 893. The number of thioether (sulfide) groups is 1. The van der Waals surface area contributed by atoms with Crippen molar-refractivity contribution in [3.8, 4) is 0 Å². The molecule has 1 saturated heterocycles. The van der Waals surface area contributed by atoms with Crippen molar-refractivity contribution in [1.29, 1.82) is 0 Å². The molecule has 2 aromatic heterocycles. The molecule has 0 spiro atoms. The van der Waals surface area contributed by atoms with E-state index in [1.807, 2.05) is 24.3 Å². The van der Waals surface area contributed by atoms with Gasteiger partial charge in [-0.2, -0.15) is 0 Å². The van der Waals surface area contributed by atoms with Gasteiger partial charge in [-0.05, 0) is 26.3 Å². The Hall–Kier alpha value is -1.68. The Labute approximate surface area is 144 Å². The molecule has 0 unspecified atom stereocenters. The van der Waals surface area contributed by atoms with Gasteiger partial charge < -0.3 is 4.90 Å². The quantitative estimate of drug-likeness (QED) is 0.723. The number of carbonyl (C=O) groups excluding carboxylic acids is 1. The van der Waals surface area contributed by atoms with E-state index >= 15 is 0 Å².